The predicted molar refractivity (Wildman–Crippen MR) is 121 cm³/mol. The van der Waals surface area contributed by atoms with Crippen LogP contribution in [-0.4, -0.2) is 16.4 Å². The molecule has 0 aliphatic carbocycles. The van der Waals surface area contributed by atoms with Crippen LogP contribution in [-0.2, 0) is 11.8 Å². The zero-order valence-corrected chi connectivity index (χ0v) is 18.1. The highest BCUT2D eigenvalue weighted by Gasteiger charge is 2.18. The van der Waals surface area contributed by atoms with Crippen LogP contribution in [0.15, 0.2) is 59.6 Å². The minimum absolute atomic E-state index is 0.0809. The highest BCUT2D eigenvalue weighted by atomic mass is 35.5. The molecule has 0 aliphatic heterocycles. The van der Waals surface area contributed by atoms with E-state index < -0.39 is 0 Å². The Balaban J connectivity index is 1.93. The molecule has 0 aromatic heterocycles. The number of aliphatic imine (C=N–C) groups is 1. The van der Waals surface area contributed by atoms with Gasteiger partial charge in [-0.05, 0) is 58.9 Å². The SMILES string of the molecule is CC(C)(C)c1cc(Cl)c(O)c(N=Cc2cc(Cc3ccccc3Cl)ccc2O)c1. The molecule has 0 radical (unpaired) electrons. The van der Waals surface area contributed by atoms with Crippen molar-refractivity contribution in [1.82, 2.24) is 0 Å². The Kier molecular flexibility index (Phi) is 6.21. The Labute approximate surface area is 181 Å². The first-order valence-electron chi connectivity index (χ1n) is 9.27. The van der Waals surface area contributed by atoms with E-state index in [0.29, 0.717) is 22.7 Å². The van der Waals surface area contributed by atoms with Crippen molar-refractivity contribution in [1.29, 1.82) is 0 Å². The van der Waals surface area contributed by atoms with Gasteiger partial charge in [-0.1, -0.05) is 68.2 Å². The Morgan fingerprint density at radius 2 is 1.66 bits per heavy atom. The van der Waals surface area contributed by atoms with E-state index in [2.05, 4.69) is 25.8 Å². The van der Waals surface area contributed by atoms with Gasteiger partial charge in [0.05, 0.1) is 5.02 Å². The Morgan fingerprint density at radius 3 is 2.34 bits per heavy atom. The lowest BCUT2D eigenvalue weighted by Crippen LogP contribution is -2.10. The molecule has 2 N–H and O–H groups in total. The number of hydrogen-bond acceptors (Lipinski definition) is 3. The summed E-state index contributed by atoms with van der Waals surface area (Å²) in [6.45, 7) is 6.19. The van der Waals surface area contributed by atoms with Crippen molar-refractivity contribution in [3.63, 3.8) is 0 Å². The second-order valence-electron chi connectivity index (χ2n) is 8.00. The first kappa shape index (κ1) is 21.2. The maximum Gasteiger partial charge on any atom is 0.159 e. The van der Waals surface area contributed by atoms with Crippen LogP contribution < -0.4 is 0 Å². The monoisotopic (exact) mass is 427 g/mol. The van der Waals surface area contributed by atoms with Crippen LogP contribution in [0.3, 0.4) is 0 Å². The largest absolute Gasteiger partial charge is 0.507 e. The highest BCUT2D eigenvalue weighted by molar-refractivity contribution is 6.32. The molecule has 0 saturated carbocycles. The lowest BCUT2D eigenvalue weighted by Gasteiger charge is -2.20. The number of phenols is 2. The fourth-order valence-corrected chi connectivity index (χ4v) is 3.35. The number of rotatable bonds is 4. The molecule has 0 atom stereocenters. The molecule has 29 heavy (non-hydrogen) atoms. The van der Waals surface area contributed by atoms with E-state index in [1.807, 2.05) is 42.5 Å². The van der Waals surface area contributed by atoms with E-state index in [9.17, 15) is 10.2 Å². The van der Waals surface area contributed by atoms with Gasteiger partial charge < -0.3 is 10.2 Å². The van der Waals surface area contributed by atoms with Crippen molar-refractivity contribution >= 4 is 35.1 Å². The van der Waals surface area contributed by atoms with Gasteiger partial charge in [-0.15, -0.1) is 0 Å². The molecule has 0 bridgehead atoms. The molecule has 3 aromatic carbocycles. The maximum absolute atomic E-state index is 10.3. The molecule has 5 heteroatoms. The van der Waals surface area contributed by atoms with Crippen LogP contribution in [0.4, 0.5) is 5.69 Å². The number of nitrogens with zero attached hydrogens (tertiary/aromatic N) is 1. The van der Waals surface area contributed by atoms with Crippen LogP contribution in [0.5, 0.6) is 11.5 Å². The average molecular weight is 428 g/mol. The molecule has 3 aromatic rings. The van der Waals surface area contributed by atoms with Gasteiger partial charge in [0.25, 0.3) is 0 Å². The molecule has 150 valence electrons. The second-order valence-corrected chi connectivity index (χ2v) is 8.81. The summed E-state index contributed by atoms with van der Waals surface area (Å²) in [6.07, 6.45) is 2.17. The molecule has 0 amide bonds. The third-order valence-electron chi connectivity index (χ3n) is 4.70. The molecule has 3 rings (SSSR count). The fraction of sp³-hybridized carbons (Fsp3) is 0.208. The fourth-order valence-electron chi connectivity index (χ4n) is 2.93. The van der Waals surface area contributed by atoms with E-state index in [4.69, 9.17) is 23.2 Å². The number of benzene rings is 3. The van der Waals surface area contributed by atoms with Crippen molar-refractivity contribution in [2.75, 3.05) is 0 Å². The van der Waals surface area contributed by atoms with Crippen molar-refractivity contribution in [2.45, 2.75) is 32.6 Å². The molecule has 0 heterocycles. The third kappa shape index (κ3) is 5.11. The molecule has 0 spiro atoms. The smallest absolute Gasteiger partial charge is 0.159 e. The van der Waals surface area contributed by atoms with Gasteiger partial charge in [0.15, 0.2) is 5.75 Å². The quantitative estimate of drug-likeness (QED) is 0.438. The minimum atomic E-state index is -0.140. The van der Waals surface area contributed by atoms with Gasteiger partial charge in [-0.2, -0.15) is 0 Å². The maximum atomic E-state index is 10.3. The van der Waals surface area contributed by atoms with E-state index >= 15 is 0 Å². The van der Waals surface area contributed by atoms with Crippen molar-refractivity contribution in [3.8, 4) is 11.5 Å². The van der Waals surface area contributed by atoms with Gasteiger partial charge in [0.2, 0.25) is 0 Å². The first-order chi connectivity index (χ1) is 13.6. The molecule has 3 nitrogen and oxygen atoms in total. The predicted octanol–water partition coefficient (Wildman–Crippen LogP) is 7.04. The number of hydrogen-bond donors (Lipinski definition) is 2. The summed E-state index contributed by atoms with van der Waals surface area (Å²) in [5, 5.41) is 21.5. The van der Waals surface area contributed by atoms with Gasteiger partial charge in [-0.25, -0.2) is 0 Å². The van der Waals surface area contributed by atoms with Crippen molar-refractivity contribution < 1.29 is 10.2 Å². The van der Waals surface area contributed by atoms with Crippen LogP contribution in [0.2, 0.25) is 10.0 Å². The van der Waals surface area contributed by atoms with E-state index in [-0.39, 0.29) is 21.9 Å². The Hall–Kier alpha value is -2.49. The zero-order chi connectivity index (χ0) is 21.2. The van der Waals surface area contributed by atoms with Gasteiger partial charge >= 0.3 is 0 Å². The minimum Gasteiger partial charge on any atom is -0.507 e. The number of halogens is 2. The van der Waals surface area contributed by atoms with Crippen molar-refractivity contribution in [2.24, 2.45) is 4.99 Å². The summed E-state index contributed by atoms with van der Waals surface area (Å²) in [5.41, 5.74) is 3.72. The summed E-state index contributed by atoms with van der Waals surface area (Å²) < 4.78 is 0. The van der Waals surface area contributed by atoms with Gasteiger partial charge in [0.1, 0.15) is 11.4 Å². The van der Waals surface area contributed by atoms with Crippen LogP contribution in [0.25, 0.3) is 0 Å². The third-order valence-corrected chi connectivity index (χ3v) is 5.35. The van der Waals surface area contributed by atoms with Gasteiger partial charge in [0, 0.05) is 16.8 Å². The van der Waals surface area contributed by atoms with E-state index in [1.54, 1.807) is 12.1 Å². The standard InChI is InChI=1S/C24H23Cl2NO2/c1-24(2,3)18-12-20(26)23(29)21(13-18)27-14-17-11-15(8-9-22(17)28)10-16-6-4-5-7-19(16)25/h4-9,11-14,28-29H,10H2,1-3H3. The molecule has 0 unspecified atom stereocenters. The van der Waals surface area contributed by atoms with Crippen LogP contribution >= 0.6 is 23.2 Å². The summed E-state index contributed by atoms with van der Waals surface area (Å²) in [5.74, 6) is 0.0249. The molecular weight excluding hydrogens is 405 g/mol. The van der Waals surface area contributed by atoms with Crippen LogP contribution in [0.1, 0.15) is 43.0 Å². The second kappa shape index (κ2) is 8.48. The normalized spacial score (nSPS) is 11.9. The Morgan fingerprint density at radius 1 is 0.931 bits per heavy atom. The highest BCUT2D eigenvalue weighted by Crippen LogP contribution is 2.39. The molecule has 0 aliphatic rings. The first-order valence-corrected chi connectivity index (χ1v) is 10.0. The van der Waals surface area contributed by atoms with E-state index in [0.717, 1.165) is 16.7 Å². The van der Waals surface area contributed by atoms with Crippen LogP contribution in [0, 0.1) is 0 Å². The summed E-state index contributed by atoms with van der Waals surface area (Å²) in [4.78, 5) is 4.39. The zero-order valence-electron chi connectivity index (χ0n) is 16.6. The molecule has 0 saturated heterocycles. The molecular formula is C24H23Cl2NO2. The lowest BCUT2D eigenvalue weighted by atomic mass is 9.87. The summed E-state index contributed by atoms with van der Waals surface area (Å²) in [7, 11) is 0. The summed E-state index contributed by atoms with van der Waals surface area (Å²) >= 11 is 12.4. The van der Waals surface area contributed by atoms with Gasteiger partial charge in [-0.3, -0.25) is 4.99 Å². The number of aromatic hydroxyl groups is 2. The average Bonchev–Trinajstić information content (AvgIpc) is 2.66. The van der Waals surface area contributed by atoms with Crippen molar-refractivity contribution in [3.05, 3.63) is 86.9 Å². The topological polar surface area (TPSA) is 52.8 Å². The number of phenolic OH excluding ortho intramolecular Hbond substituents is 2. The lowest BCUT2D eigenvalue weighted by molar-refractivity contribution is 0.473. The summed E-state index contributed by atoms with van der Waals surface area (Å²) in [6, 6.07) is 16.6. The Bertz CT molecular complexity index is 1070. The van der Waals surface area contributed by atoms with E-state index in [1.165, 1.54) is 6.21 Å². The molecule has 0 fully saturated rings.